The highest BCUT2D eigenvalue weighted by atomic mass is 19.3. The molecule has 1 aliphatic rings. The molecule has 1 atom stereocenters. The van der Waals surface area contributed by atoms with Crippen LogP contribution >= 0.6 is 0 Å². The molecular formula is C19H20F2N4O6. The molecule has 0 saturated carbocycles. The summed E-state index contributed by atoms with van der Waals surface area (Å²) < 4.78 is 31.8. The van der Waals surface area contributed by atoms with Gasteiger partial charge in [-0.2, -0.15) is 8.78 Å². The Morgan fingerprint density at radius 3 is 2.45 bits per heavy atom. The third-order valence-electron chi connectivity index (χ3n) is 5.13. The Balaban J connectivity index is 2.25. The van der Waals surface area contributed by atoms with E-state index in [0.717, 1.165) is 0 Å². The number of alkyl halides is 2. The molecule has 10 nitrogen and oxygen atoms in total. The molecule has 2 heterocycles. The number of nitrogens with one attached hydrogen (secondary N) is 2. The van der Waals surface area contributed by atoms with Gasteiger partial charge < -0.3 is 15.1 Å². The van der Waals surface area contributed by atoms with Crippen LogP contribution in [0.5, 0.6) is 5.75 Å². The SMILES string of the molecule is Cc1c(C)[n+]([O-])c(C(c2cccc(OC(F)F)c2)C2C(=O)NC(=O)NC2=O)n1CCO. The molecule has 1 aliphatic heterocycles. The predicted octanol–water partition coefficient (Wildman–Crippen LogP) is 0.446. The van der Waals surface area contributed by atoms with Gasteiger partial charge in [-0.3, -0.25) is 20.2 Å². The van der Waals surface area contributed by atoms with Crippen LogP contribution in [-0.4, -0.2) is 40.7 Å². The molecule has 1 fully saturated rings. The first kappa shape index (κ1) is 22.2. The second-order valence-corrected chi connectivity index (χ2v) is 6.91. The van der Waals surface area contributed by atoms with Crippen molar-refractivity contribution in [3.8, 4) is 5.75 Å². The average molecular weight is 438 g/mol. The van der Waals surface area contributed by atoms with E-state index in [0.29, 0.717) is 10.4 Å². The largest absolute Gasteiger partial charge is 0.711 e. The molecule has 2 aromatic rings. The molecule has 0 spiro atoms. The highest BCUT2D eigenvalue weighted by Crippen LogP contribution is 2.35. The van der Waals surface area contributed by atoms with Gasteiger partial charge >= 0.3 is 12.6 Å². The van der Waals surface area contributed by atoms with Crippen LogP contribution in [0.4, 0.5) is 13.6 Å². The second-order valence-electron chi connectivity index (χ2n) is 6.91. The number of hydrogen-bond donors (Lipinski definition) is 3. The van der Waals surface area contributed by atoms with Gasteiger partial charge in [-0.25, -0.2) is 14.1 Å². The zero-order valence-corrected chi connectivity index (χ0v) is 16.6. The van der Waals surface area contributed by atoms with Crippen LogP contribution in [0.2, 0.25) is 0 Å². The summed E-state index contributed by atoms with van der Waals surface area (Å²) >= 11 is 0. The third-order valence-corrected chi connectivity index (χ3v) is 5.13. The lowest BCUT2D eigenvalue weighted by Gasteiger charge is -2.28. The number of carbonyl (C=O) groups is 3. The molecule has 166 valence electrons. The van der Waals surface area contributed by atoms with Crippen LogP contribution in [0.3, 0.4) is 0 Å². The fourth-order valence-electron chi connectivity index (χ4n) is 3.68. The number of barbiturate groups is 1. The number of aliphatic hydroxyl groups excluding tert-OH is 1. The topological polar surface area (TPSA) is 137 Å². The van der Waals surface area contributed by atoms with E-state index in [1.807, 2.05) is 10.6 Å². The minimum atomic E-state index is -3.11. The molecule has 1 aromatic carbocycles. The van der Waals surface area contributed by atoms with Gasteiger partial charge in [0, 0.05) is 13.8 Å². The van der Waals surface area contributed by atoms with Crippen LogP contribution < -0.4 is 20.1 Å². The number of ether oxygens (including phenoxy) is 1. The average Bonchev–Trinajstić information content (AvgIpc) is 2.88. The molecule has 3 rings (SSSR count). The number of imide groups is 2. The van der Waals surface area contributed by atoms with Gasteiger partial charge in [0.05, 0.1) is 6.61 Å². The Kier molecular flexibility index (Phi) is 6.20. The normalized spacial score (nSPS) is 15.7. The van der Waals surface area contributed by atoms with Crippen molar-refractivity contribution in [1.29, 1.82) is 0 Å². The van der Waals surface area contributed by atoms with E-state index in [1.54, 1.807) is 6.92 Å². The number of imidazole rings is 1. The summed E-state index contributed by atoms with van der Waals surface area (Å²) in [7, 11) is 0. The molecule has 0 bridgehead atoms. The lowest BCUT2D eigenvalue weighted by molar-refractivity contribution is -0.621. The summed E-state index contributed by atoms with van der Waals surface area (Å²) in [6, 6.07) is 4.26. The number of nitrogens with zero attached hydrogens (tertiary/aromatic N) is 2. The van der Waals surface area contributed by atoms with Gasteiger partial charge in [-0.15, -0.1) is 0 Å². The highest BCUT2D eigenvalue weighted by Gasteiger charge is 2.47. The third kappa shape index (κ3) is 4.19. The Morgan fingerprint density at radius 1 is 1.23 bits per heavy atom. The van der Waals surface area contributed by atoms with Crippen LogP contribution in [0.1, 0.15) is 28.7 Å². The number of carbonyl (C=O) groups excluding carboxylic acids is 3. The number of benzene rings is 1. The molecule has 0 radical (unpaired) electrons. The monoisotopic (exact) mass is 438 g/mol. The first-order valence-electron chi connectivity index (χ1n) is 9.26. The summed E-state index contributed by atoms with van der Waals surface area (Å²) in [5.74, 6) is -5.05. The molecule has 3 N–H and O–H groups in total. The summed E-state index contributed by atoms with van der Waals surface area (Å²) in [6.07, 6.45) is 0. The summed E-state index contributed by atoms with van der Waals surface area (Å²) in [4.78, 5) is 36.8. The lowest BCUT2D eigenvalue weighted by atomic mass is 9.83. The van der Waals surface area contributed by atoms with Crippen molar-refractivity contribution < 1.29 is 37.7 Å². The number of hydrogen-bond acceptors (Lipinski definition) is 6. The quantitative estimate of drug-likeness (QED) is 0.326. The number of urea groups is 1. The smallest absolute Gasteiger partial charge is 0.387 e. The van der Waals surface area contributed by atoms with E-state index in [9.17, 15) is 33.5 Å². The minimum Gasteiger partial charge on any atom is -0.711 e. The maximum Gasteiger partial charge on any atom is 0.387 e. The first-order chi connectivity index (χ1) is 14.6. The summed E-state index contributed by atoms with van der Waals surface area (Å²) in [5, 5.41) is 26.5. The fraction of sp³-hybridized carbons (Fsp3) is 0.368. The molecule has 1 unspecified atom stereocenters. The zero-order chi connectivity index (χ0) is 22.9. The Morgan fingerprint density at radius 2 is 1.87 bits per heavy atom. The zero-order valence-electron chi connectivity index (χ0n) is 16.6. The van der Waals surface area contributed by atoms with Crippen LogP contribution in [0, 0.1) is 25.0 Å². The molecule has 4 amide bonds. The van der Waals surface area contributed by atoms with E-state index in [2.05, 4.69) is 4.74 Å². The van der Waals surface area contributed by atoms with Crippen LogP contribution in [0.25, 0.3) is 0 Å². The van der Waals surface area contributed by atoms with Crippen LogP contribution in [0.15, 0.2) is 24.3 Å². The highest BCUT2D eigenvalue weighted by molar-refractivity contribution is 6.16. The van der Waals surface area contributed by atoms with Gasteiger partial charge in [0.15, 0.2) is 0 Å². The van der Waals surface area contributed by atoms with Crippen molar-refractivity contribution in [2.75, 3.05) is 6.61 Å². The van der Waals surface area contributed by atoms with Gasteiger partial charge in [0.25, 0.3) is 5.82 Å². The van der Waals surface area contributed by atoms with E-state index < -0.39 is 36.3 Å². The summed E-state index contributed by atoms with van der Waals surface area (Å²) in [6.45, 7) is -0.321. The van der Waals surface area contributed by atoms with Crippen molar-refractivity contribution in [3.05, 3.63) is 52.2 Å². The second kappa shape index (κ2) is 8.68. The van der Waals surface area contributed by atoms with E-state index in [-0.39, 0.29) is 36.0 Å². The first-order valence-corrected chi connectivity index (χ1v) is 9.26. The van der Waals surface area contributed by atoms with Crippen LogP contribution in [-0.2, 0) is 16.1 Å². The van der Waals surface area contributed by atoms with E-state index in [1.165, 1.54) is 35.8 Å². The van der Waals surface area contributed by atoms with Crippen molar-refractivity contribution in [2.24, 2.45) is 5.92 Å². The lowest BCUT2D eigenvalue weighted by Crippen LogP contribution is -2.58. The maximum atomic E-state index is 13.0. The van der Waals surface area contributed by atoms with Crippen molar-refractivity contribution in [3.63, 3.8) is 0 Å². The fourth-order valence-corrected chi connectivity index (χ4v) is 3.68. The molecule has 1 saturated heterocycles. The minimum absolute atomic E-state index is 0.0180. The standard InChI is InChI=1S/C19H20F2N4O6/c1-9-10(2)25(30)17(24(9)6-7-26)13(14-15(27)22-19(29)23-16(14)28)11-4-3-5-12(8-11)31-18(20)21/h3-5,8,13-14,18,26H,6-7H2,1-2H3,(H2,22,23,27,28,29). The Bertz CT molecular complexity index is 1020. The van der Waals surface area contributed by atoms with Gasteiger partial charge in [-0.05, 0) is 17.7 Å². The Labute approximate surface area is 175 Å². The van der Waals surface area contributed by atoms with E-state index in [4.69, 9.17) is 0 Å². The molecule has 1 aromatic heterocycles. The number of aromatic nitrogens is 2. The van der Waals surface area contributed by atoms with Gasteiger partial charge in [-0.1, -0.05) is 12.1 Å². The number of rotatable bonds is 7. The molecule has 12 heteroatoms. The van der Waals surface area contributed by atoms with E-state index >= 15 is 0 Å². The van der Waals surface area contributed by atoms with Crippen molar-refractivity contribution in [2.45, 2.75) is 32.9 Å². The molecular weight excluding hydrogens is 418 g/mol. The maximum absolute atomic E-state index is 13.0. The molecule has 0 aliphatic carbocycles. The molecule has 31 heavy (non-hydrogen) atoms. The van der Waals surface area contributed by atoms with Gasteiger partial charge in [0.2, 0.25) is 11.8 Å². The predicted molar refractivity (Wildman–Crippen MR) is 100 cm³/mol. The van der Waals surface area contributed by atoms with Crippen molar-refractivity contribution >= 4 is 17.8 Å². The Hall–Kier alpha value is -3.54. The number of amides is 4. The number of aliphatic hydroxyl groups is 1. The van der Waals surface area contributed by atoms with Crippen molar-refractivity contribution in [1.82, 2.24) is 15.2 Å². The number of halogens is 2. The summed E-state index contributed by atoms with van der Waals surface area (Å²) in [5.41, 5.74) is 0.905. The van der Waals surface area contributed by atoms with Gasteiger partial charge in [0.1, 0.15) is 35.5 Å².